The number of ketones is 1. The fraction of sp³-hybridized carbons (Fsp3) is 0.750. The van der Waals surface area contributed by atoms with Crippen molar-refractivity contribution in [1.29, 1.82) is 0 Å². The SMILES string of the molecule is CC(=O)C(C)(O)NO. The molecular formula is C4H9NO3. The van der Waals surface area contributed by atoms with Gasteiger partial charge >= 0.3 is 0 Å². The van der Waals surface area contributed by atoms with E-state index in [4.69, 9.17) is 10.3 Å². The molecule has 3 N–H and O–H groups in total. The van der Waals surface area contributed by atoms with Crippen molar-refractivity contribution in [2.45, 2.75) is 19.6 Å². The highest BCUT2D eigenvalue weighted by Gasteiger charge is 2.23. The Bertz CT molecular complexity index is 99.5. The van der Waals surface area contributed by atoms with Gasteiger partial charge in [0.1, 0.15) is 0 Å². The smallest absolute Gasteiger partial charge is 0.193 e. The van der Waals surface area contributed by atoms with Crippen molar-refractivity contribution in [3.63, 3.8) is 0 Å². The van der Waals surface area contributed by atoms with Gasteiger partial charge in [-0.2, -0.15) is 5.48 Å². The molecule has 0 fully saturated rings. The summed E-state index contributed by atoms with van der Waals surface area (Å²) in [5.41, 5.74) is -0.345. The van der Waals surface area contributed by atoms with E-state index in [-0.39, 0.29) is 0 Å². The Balaban J connectivity index is 3.91. The van der Waals surface area contributed by atoms with Crippen LogP contribution in [-0.4, -0.2) is 21.8 Å². The lowest BCUT2D eigenvalue weighted by Gasteiger charge is -2.15. The van der Waals surface area contributed by atoms with Crippen LogP contribution in [0.2, 0.25) is 0 Å². The van der Waals surface area contributed by atoms with Crippen LogP contribution in [0.4, 0.5) is 0 Å². The average Bonchev–Trinajstić information content (AvgIpc) is 1.67. The maximum Gasteiger partial charge on any atom is 0.193 e. The predicted octanol–water partition coefficient (Wildman–Crippen LogP) is -0.737. The zero-order valence-electron chi connectivity index (χ0n) is 4.80. The molecule has 0 bridgehead atoms. The molecule has 0 radical (unpaired) electrons. The van der Waals surface area contributed by atoms with Gasteiger partial charge in [0.05, 0.1) is 0 Å². The Kier molecular flexibility index (Phi) is 2.09. The summed E-state index contributed by atoms with van der Waals surface area (Å²) in [5.74, 6) is -0.528. The van der Waals surface area contributed by atoms with Gasteiger partial charge in [-0.3, -0.25) is 4.79 Å². The molecule has 1 atom stereocenters. The zero-order valence-corrected chi connectivity index (χ0v) is 4.80. The molecule has 0 amide bonds. The second-order valence-corrected chi connectivity index (χ2v) is 1.74. The first kappa shape index (κ1) is 7.55. The monoisotopic (exact) mass is 119 g/mol. The van der Waals surface area contributed by atoms with E-state index in [0.717, 1.165) is 6.92 Å². The number of nitrogens with one attached hydrogen (secondary N) is 1. The number of aliphatic hydroxyl groups is 1. The molecule has 0 aliphatic rings. The molecule has 0 aromatic heterocycles. The fourth-order valence-corrected chi connectivity index (χ4v) is 0.0787. The van der Waals surface area contributed by atoms with Crippen molar-refractivity contribution < 1.29 is 15.1 Å². The highest BCUT2D eigenvalue weighted by Crippen LogP contribution is 1.95. The van der Waals surface area contributed by atoms with E-state index in [1.165, 1.54) is 12.4 Å². The Hall–Kier alpha value is -0.450. The summed E-state index contributed by atoms with van der Waals surface area (Å²) in [4.78, 5) is 10.2. The van der Waals surface area contributed by atoms with Crippen molar-refractivity contribution >= 4 is 5.78 Å². The van der Waals surface area contributed by atoms with Crippen molar-refractivity contribution in [1.82, 2.24) is 5.48 Å². The van der Waals surface area contributed by atoms with E-state index in [9.17, 15) is 4.79 Å². The van der Waals surface area contributed by atoms with Gasteiger partial charge in [0.15, 0.2) is 11.5 Å². The first-order valence-electron chi connectivity index (χ1n) is 2.15. The number of hydrogen-bond acceptors (Lipinski definition) is 4. The van der Waals surface area contributed by atoms with Crippen LogP contribution in [0.3, 0.4) is 0 Å². The summed E-state index contributed by atoms with van der Waals surface area (Å²) in [5, 5.41) is 16.7. The van der Waals surface area contributed by atoms with Crippen molar-refractivity contribution in [3.05, 3.63) is 0 Å². The Morgan fingerprint density at radius 3 is 2.12 bits per heavy atom. The van der Waals surface area contributed by atoms with Gasteiger partial charge in [-0.05, 0) is 13.8 Å². The van der Waals surface area contributed by atoms with Crippen LogP contribution in [-0.2, 0) is 4.79 Å². The van der Waals surface area contributed by atoms with Gasteiger partial charge < -0.3 is 10.3 Å². The minimum absolute atomic E-state index is 0.528. The van der Waals surface area contributed by atoms with E-state index in [2.05, 4.69) is 0 Å². The van der Waals surface area contributed by atoms with Gasteiger partial charge in [0, 0.05) is 0 Å². The fourth-order valence-electron chi connectivity index (χ4n) is 0.0787. The standard InChI is InChI=1S/C4H9NO3/c1-3(6)4(2,7)5-8/h5,7-8H,1-2H3. The molecule has 8 heavy (non-hydrogen) atoms. The van der Waals surface area contributed by atoms with Crippen LogP contribution < -0.4 is 5.48 Å². The first-order chi connectivity index (χ1) is 3.50. The van der Waals surface area contributed by atoms with Gasteiger partial charge in [0.25, 0.3) is 0 Å². The molecular weight excluding hydrogens is 110 g/mol. The van der Waals surface area contributed by atoms with E-state index in [1.807, 2.05) is 0 Å². The van der Waals surface area contributed by atoms with E-state index in [0.29, 0.717) is 0 Å². The van der Waals surface area contributed by atoms with E-state index >= 15 is 0 Å². The lowest BCUT2D eigenvalue weighted by atomic mass is 10.2. The van der Waals surface area contributed by atoms with Crippen LogP contribution >= 0.6 is 0 Å². The molecule has 0 spiro atoms. The summed E-state index contributed by atoms with van der Waals surface area (Å²) in [6, 6.07) is 0. The maximum atomic E-state index is 10.2. The number of carbonyl (C=O) groups excluding carboxylic acids is 1. The van der Waals surface area contributed by atoms with Gasteiger partial charge in [-0.25, -0.2) is 0 Å². The number of rotatable bonds is 2. The number of carbonyl (C=O) groups is 1. The number of Topliss-reactive ketones (excluding diaryl/α,β-unsaturated/α-hetero) is 1. The highest BCUT2D eigenvalue weighted by atomic mass is 16.5. The normalized spacial score (nSPS) is 17.5. The second kappa shape index (κ2) is 2.21. The van der Waals surface area contributed by atoms with Gasteiger partial charge in [-0.15, -0.1) is 0 Å². The quantitative estimate of drug-likeness (QED) is 0.331. The number of hydrogen-bond donors (Lipinski definition) is 3. The summed E-state index contributed by atoms with van der Waals surface area (Å²) in [6.45, 7) is 2.33. The summed E-state index contributed by atoms with van der Waals surface area (Å²) in [7, 11) is 0. The van der Waals surface area contributed by atoms with Crippen molar-refractivity contribution in [3.8, 4) is 0 Å². The average molecular weight is 119 g/mol. The van der Waals surface area contributed by atoms with Crippen LogP contribution in [0.25, 0.3) is 0 Å². The molecule has 0 rings (SSSR count). The van der Waals surface area contributed by atoms with E-state index in [1.54, 1.807) is 0 Å². The lowest BCUT2D eigenvalue weighted by Crippen LogP contribution is -2.46. The molecule has 0 aliphatic heterocycles. The third-order valence-electron chi connectivity index (χ3n) is 0.903. The summed E-state index contributed by atoms with van der Waals surface area (Å²) >= 11 is 0. The third kappa shape index (κ3) is 1.57. The van der Waals surface area contributed by atoms with E-state index < -0.39 is 11.5 Å². The molecule has 0 saturated carbocycles. The number of hydroxylamine groups is 1. The van der Waals surface area contributed by atoms with Crippen LogP contribution in [0.15, 0.2) is 0 Å². The minimum Gasteiger partial charge on any atom is -0.368 e. The third-order valence-corrected chi connectivity index (χ3v) is 0.903. The Morgan fingerprint density at radius 1 is 1.75 bits per heavy atom. The largest absolute Gasteiger partial charge is 0.368 e. The Morgan fingerprint density at radius 2 is 2.12 bits per heavy atom. The molecule has 0 saturated heterocycles. The maximum absolute atomic E-state index is 10.2. The topological polar surface area (TPSA) is 69.6 Å². The predicted molar refractivity (Wildman–Crippen MR) is 26.2 cm³/mol. The van der Waals surface area contributed by atoms with Crippen LogP contribution in [0.1, 0.15) is 13.8 Å². The summed E-state index contributed by atoms with van der Waals surface area (Å²) in [6.07, 6.45) is 0. The van der Waals surface area contributed by atoms with Crippen molar-refractivity contribution in [2.75, 3.05) is 0 Å². The first-order valence-corrected chi connectivity index (χ1v) is 2.15. The molecule has 0 aromatic rings. The molecule has 0 aliphatic carbocycles. The second-order valence-electron chi connectivity index (χ2n) is 1.74. The molecule has 48 valence electrons. The molecule has 1 unspecified atom stereocenters. The zero-order chi connectivity index (χ0) is 6.78. The lowest BCUT2D eigenvalue weighted by molar-refractivity contribution is -0.149. The van der Waals surface area contributed by atoms with Crippen LogP contribution in [0, 0.1) is 0 Å². The molecule has 0 heterocycles. The van der Waals surface area contributed by atoms with Gasteiger partial charge in [-0.1, -0.05) is 0 Å². The minimum atomic E-state index is -1.79. The molecule has 0 aromatic carbocycles. The van der Waals surface area contributed by atoms with Gasteiger partial charge in [0.2, 0.25) is 0 Å². The summed E-state index contributed by atoms with van der Waals surface area (Å²) < 4.78 is 0. The van der Waals surface area contributed by atoms with Crippen LogP contribution in [0.5, 0.6) is 0 Å². The molecule has 4 nitrogen and oxygen atoms in total. The molecule has 4 heteroatoms. The Labute approximate surface area is 47.1 Å². The highest BCUT2D eigenvalue weighted by molar-refractivity contribution is 5.83. The van der Waals surface area contributed by atoms with Crippen molar-refractivity contribution in [2.24, 2.45) is 0 Å².